The highest BCUT2D eigenvalue weighted by Gasteiger charge is 2.18. The molecule has 8 heteroatoms. The van der Waals surface area contributed by atoms with Crippen molar-refractivity contribution in [3.05, 3.63) is 71.9 Å². The van der Waals surface area contributed by atoms with Gasteiger partial charge in [0.1, 0.15) is 11.6 Å². The minimum Gasteiger partial charge on any atom is -0.496 e. The summed E-state index contributed by atoms with van der Waals surface area (Å²) in [6.07, 6.45) is 2.75. The lowest BCUT2D eigenvalue weighted by molar-refractivity contribution is 0.102. The standard InChI is InChI=1S/C27H32N4O4/c1-33-23-8-5-4-7-21(23)19-30-13-6-14-31(16-15-30)26-12-10-22(18-28-26)29-27(32)20-9-11-24(34-2)25(17-20)35-3/h4-5,7-12,17-18H,6,13-16,19H2,1-3H3,(H,29,32). The van der Waals surface area contributed by atoms with E-state index in [0.29, 0.717) is 22.7 Å². The van der Waals surface area contributed by atoms with E-state index in [1.54, 1.807) is 45.7 Å². The van der Waals surface area contributed by atoms with Gasteiger partial charge in [-0.3, -0.25) is 9.69 Å². The molecule has 0 aliphatic carbocycles. The molecule has 1 saturated heterocycles. The zero-order valence-electron chi connectivity index (χ0n) is 20.5. The van der Waals surface area contributed by atoms with Crippen LogP contribution in [0, 0.1) is 0 Å². The first-order valence-electron chi connectivity index (χ1n) is 11.7. The summed E-state index contributed by atoms with van der Waals surface area (Å²) in [6, 6.07) is 17.1. The molecule has 3 aromatic rings. The van der Waals surface area contributed by atoms with Crippen LogP contribution in [0.25, 0.3) is 0 Å². The van der Waals surface area contributed by atoms with E-state index >= 15 is 0 Å². The second kappa shape index (κ2) is 11.6. The molecule has 8 nitrogen and oxygen atoms in total. The van der Waals surface area contributed by atoms with Gasteiger partial charge in [0.2, 0.25) is 0 Å². The first-order valence-corrected chi connectivity index (χ1v) is 11.7. The molecule has 1 fully saturated rings. The number of ether oxygens (including phenoxy) is 3. The molecule has 1 N–H and O–H groups in total. The van der Waals surface area contributed by atoms with Crippen LogP contribution in [0.5, 0.6) is 17.2 Å². The van der Waals surface area contributed by atoms with Crippen LogP contribution in [0.3, 0.4) is 0 Å². The van der Waals surface area contributed by atoms with Crippen LogP contribution in [-0.4, -0.2) is 63.3 Å². The number of nitrogens with zero attached hydrogens (tertiary/aromatic N) is 3. The second-order valence-electron chi connectivity index (χ2n) is 8.36. The van der Waals surface area contributed by atoms with E-state index < -0.39 is 0 Å². The molecule has 184 valence electrons. The fraction of sp³-hybridized carbons (Fsp3) is 0.333. The predicted molar refractivity (Wildman–Crippen MR) is 137 cm³/mol. The fourth-order valence-electron chi connectivity index (χ4n) is 4.26. The number of carbonyl (C=O) groups excluding carboxylic acids is 1. The van der Waals surface area contributed by atoms with E-state index in [2.05, 4.69) is 32.2 Å². The quantitative estimate of drug-likeness (QED) is 0.525. The summed E-state index contributed by atoms with van der Waals surface area (Å²) in [6.45, 7) is 4.66. The summed E-state index contributed by atoms with van der Waals surface area (Å²) in [7, 11) is 4.82. The van der Waals surface area contributed by atoms with Gasteiger partial charge in [-0.2, -0.15) is 0 Å². The van der Waals surface area contributed by atoms with Crippen molar-refractivity contribution in [2.24, 2.45) is 0 Å². The van der Waals surface area contributed by atoms with E-state index in [1.807, 2.05) is 24.3 Å². The SMILES string of the molecule is COc1ccccc1CN1CCCN(c2ccc(NC(=O)c3ccc(OC)c(OC)c3)cn2)CC1. The largest absolute Gasteiger partial charge is 0.496 e. The number of methoxy groups -OCH3 is 3. The molecule has 0 bridgehead atoms. The van der Waals surface area contributed by atoms with Gasteiger partial charge in [-0.25, -0.2) is 4.98 Å². The number of aromatic nitrogens is 1. The smallest absolute Gasteiger partial charge is 0.255 e. The van der Waals surface area contributed by atoms with Crippen LogP contribution < -0.4 is 24.4 Å². The molecule has 0 atom stereocenters. The predicted octanol–water partition coefficient (Wildman–Crippen LogP) is 4.07. The van der Waals surface area contributed by atoms with Crippen molar-refractivity contribution >= 4 is 17.4 Å². The molecule has 0 spiro atoms. The summed E-state index contributed by atoms with van der Waals surface area (Å²) in [5.74, 6) is 2.69. The van der Waals surface area contributed by atoms with Gasteiger partial charge in [0.25, 0.3) is 5.91 Å². The highest BCUT2D eigenvalue weighted by Crippen LogP contribution is 2.28. The lowest BCUT2D eigenvalue weighted by Gasteiger charge is -2.23. The van der Waals surface area contributed by atoms with E-state index in [9.17, 15) is 4.79 Å². The normalized spacial score (nSPS) is 14.2. The molecule has 1 aromatic heterocycles. The third-order valence-corrected chi connectivity index (χ3v) is 6.15. The summed E-state index contributed by atoms with van der Waals surface area (Å²) in [5.41, 5.74) is 2.33. The second-order valence-corrected chi connectivity index (χ2v) is 8.36. The van der Waals surface area contributed by atoms with Crippen LogP contribution in [-0.2, 0) is 6.54 Å². The zero-order valence-corrected chi connectivity index (χ0v) is 20.5. The molecule has 35 heavy (non-hydrogen) atoms. The minimum absolute atomic E-state index is 0.234. The van der Waals surface area contributed by atoms with Gasteiger partial charge in [0, 0.05) is 43.9 Å². The molecule has 0 saturated carbocycles. The molecule has 2 aromatic carbocycles. The zero-order chi connectivity index (χ0) is 24.6. The third-order valence-electron chi connectivity index (χ3n) is 6.15. The van der Waals surface area contributed by atoms with Crippen LogP contribution >= 0.6 is 0 Å². The van der Waals surface area contributed by atoms with E-state index in [-0.39, 0.29) is 5.91 Å². The summed E-state index contributed by atoms with van der Waals surface area (Å²) >= 11 is 0. The molecule has 1 aliphatic heterocycles. The Hall–Kier alpha value is -3.78. The van der Waals surface area contributed by atoms with E-state index in [0.717, 1.165) is 50.7 Å². The van der Waals surface area contributed by atoms with Crippen LogP contribution in [0.15, 0.2) is 60.8 Å². The molecule has 0 unspecified atom stereocenters. The molecular weight excluding hydrogens is 444 g/mol. The number of nitrogens with one attached hydrogen (secondary N) is 1. The maximum absolute atomic E-state index is 12.7. The van der Waals surface area contributed by atoms with Crippen molar-refractivity contribution in [1.82, 2.24) is 9.88 Å². The first-order chi connectivity index (χ1) is 17.1. The Kier molecular flexibility index (Phi) is 8.05. The van der Waals surface area contributed by atoms with E-state index in [4.69, 9.17) is 14.2 Å². The van der Waals surface area contributed by atoms with Crippen molar-refractivity contribution in [3.63, 3.8) is 0 Å². The number of rotatable bonds is 8. The van der Waals surface area contributed by atoms with Gasteiger partial charge in [0.15, 0.2) is 11.5 Å². The van der Waals surface area contributed by atoms with Crippen molar-refractivity contribution in [2.75, 3.05) is 57.7 Å². The number of anilines is 2. The van der Waals surface area contributed by atoms with Crippen molar-refractivity contribution in [1.29, 1.82) is 0 Å². The number of carbonyl (C=O) groups is 1. The number of pyridine rings is 1. The monoisotopic (exact) mass is 476 g/mol. The maximum atomic E-state index is 12.7. The maximum Gasteiger partial charge on any atom is 0.255 e. The Morgan fingerprint density at radius 1 is 0.886 bits per heavy atom. The molecule has 1 amide bonds. The average molecular weight is 477 g/mol. The van der Waals surface area contributed by atoms with E-state index in [1.165, 1.54) is 5.56 Å². The Morgan fingerprint density at radius 2 is 1.69 bits per heavy atom. The first kappa shape index (κ1) is 24.3. The Labute approximate surface area is 206 Å². The topological polar surface area (TPSA) is 76.2 Å². The van der Waals surface area contributed by atoms with Gasteiger partial charge in [-0.1, -0.05) is 18.2 Å². The number of benzene rings is 2. The summed E-state index contributed by atoms with van der Waals surface area (Å²) in [5, 5.41) is 2.90. The van der Waals surface area contributed by atoms with Crippen LogP contribution in [0.4, 0.5) is 11.5 Å². The van der Waals surface area contributed by atoms with Crippen LogP contribution in [0.2, 0.25) is 0 Å². The van der Waals surface area contributed by atoms with Crippen molar-refractivity contribution in [2.45, 2.75) is 13.0 Å². The highest BCUT2D eigenvalue weighted by molar-refractivity contribution is 6.04. The molecule has 0 radical (unpaired) electrons. The number of para-hydroxylation sites is 1. The summed E-state index contributed by atoms with van der Waals surface area (Å²) in [4.78, 5) is 22.0. The Morgan fingerprint density at radius 3 is 2.43 bits per heavy atom. The van der Waals surface area contributed by atoms with Gasteiger partial charge in [0.05, 0.1) is 33.2 Å². The number of amides is 1. The van der Waals surface area contributed by atoms with Crippen LogP contribution in [0.1, 0.15) is 22.3 Å². The molecular formula is C27H32N4O4. The van der Waals surface area contributed by atoms with Gasteiger partial charge >= 0.3 is 0 Å². The lowest BCUT2D eigenvalue weighted by atomic mass is 10.2. The summed E-state index contributed by atoms with van der Waals surface area (Å²) < 4.78 is 16.0. The fourth-order valence-corrected chi connectivity index (χ4v) is 4.26. The molecule has 4 rings (SSSR count). The van der Waals surface area contributed by atoms with Gasteiger partial charge in [-0.15, -0.1) is 0 Å². The average Bonchev–Trinajstić information content (AvgIpc) is 3.14. The molecule has 1 aliphatic rings. The van der Waals surface area contributed by atoms with Crippen molar-refractivity contribution < 1.29 is 19.0 Å². The molecule has 2 heterocycles. The van der Waals surface area contributed by atoms with Gasteiger partial charge < -0.3 is 24.4 Å². The number of hydrogen-bond acceptors (Lipinski definition) is 7. The van der Waals surface area contributed by atoms with Crippen molar-refractivity contribution in [3.8, 4) is 17.2 Å². The van der Waals surface area contributed by atoms with Gasteiger partial charge in [-0.05, 0) is 42.8 Å². The highest BCUT2D eigenvalue weighted by atomic mass is 16.5. The Bertz CT molecular complexity index is 1140. The number of hydrogen-bond donors (Lipinski definition) is 1. The third kappa shape index (κ3) is 6.02. The minimum atomic E-state index is -0.234. The lowest BCUT2D eigenvalue weighted by Crippen LogP contribution is -2.31. The Balaban J connectivity index is 1.35.